The first-order valence-corrected chi connectivity index (χ1v) is 7.03. The van der Waals surface area contributed by atoms with Gasteiger partial charge in [-0.25, -0.2) is 9.59 Å². The first-order valence-electron chi connectivity index (χ1n) is 7.03. The number of amides is 1. The number of benzene rings is 1. The molecule has 1 heterocycles. The molecule has 1 aliphatic rings. The summed E-state index contributed by atoms with van der Waals surface area (Å²) in [5.41, 5.74) is 2.05. The van der Waals surface area contributed by atoms with Crippen LogP contribution in [-0.4, -0.2) is 38.6 Å². The van der Waals surface area contributed by atoms with E-state index in [2.05, 4.69) is 0 Å². The maximum absolute atomic E-state index is 12.3. The molecule has 0 radical (unpaired) electrons. The molecule has 6 nitrogen and oxygen atoms in total. The average molecular weight is 305 g/mol. The molecule has 0 spiro atoms. The molecule has 118 valence electrons. The fourth-order valence-corrected chi connectivity index (χ4v) is 2.88. The Hall–Kier alpha value is -2.37. The highest BCUT2D eigenvalue weighted by molar-refractivity contribution is 6.11. The number of methoxy groups -OCH3 is 2. The molecular formula is C16H19NO5. The van der Waals surface area contributed by atoms with Gasteiger partial charge in [-0.2, -0.15) is 0 Å². The third-order valence-electron chi connectivity index (χ3n) is 3.81. The highest BCUT2D eigenvalue weighted by Gasteiger charge is 2.32. The van der Waals surface area contributed by atoms with Crippen molar-refractivity contribution in [1.82, 2.24) is 0 Å². The van der Waals surface area contributed by atoms with Gasteiger partial charge in [-0.05, 0) is 31.4 Å². The Morgan fingerprint density at radius 3 is 2.14 bits per heavy atom. The van der Waals surface area contributed by atoms with E-state index in [4.69, 9.17) is 9.47 Å². The number of hydrogen-bond acceptors (Lipinski definition) is 5. The van der Waals surface area contributed by atoms with Crippen molar-refractivity contribution < 1.29 is 23.9 Å². The van der Waals surface area contributed by atoms with E-state index in [0.717, 1.165) is 12.0 Å². The summed E-state index contributed by atoms with van der Waals surface area (Å²) in [6.45, 7) is 4.05. The van der Waals surface area contributed by atoms with Gasteiger partial charge in [-0.15, -0.1) is 0 Å². The van der Waals surface area contributed by atoms with E-state index < -0.39 is 11.9 Å². The van der Waals surface area contributed by atoms with Crippen LogP contribution in [0.3, 0.4) is 0 Å². The van der Waals surface area contributed by atoms with Crippen molar-refractivity contribution >= 4 is 23.5 Å². The molecule has 0 atom stereocenters. The second kappa shape index (κ2) is 6.17. The Morgan fingerprint density at radius 2 is 1.64 bits per heavy atom. The zero-order valence-corrected chi connectivity index (χ0v) is 13.2. The van der Waals surface area contributed by atoms with E-state index in [1.54, 1.807) is 24.8 Å². The largest absolute Gasteiger partial charge is 0.465 e. The molecule has 22 heavy (non-hydrogen) atoms. The first-order chi connectivity index (χ1) is 10.4. The van der Waals surface area contributed by atoms with Gasteiger partial charge in [0.05, 0.1) is 31.0 Å². The Labute approximate surface area is 129 Å². The predicted molar refractivity (Wildman–Crippen MR) is 80.2 cm³/mol. The third kappa shape index (κ3) is 2.56. The number of aryl methyl sites for hydroxylation is 2. The molecule has 0 aliphatic carbocycles. The molecule has 1 saturated heterocycles. The van der Waals surface area contributed by atoms with E-state index in [9.17, 15) is 14.4 Å². The number of anilines is 1. The minimum absolute atomic E-state index is 0.0621. The fourth-order valence-electron chi connectivity index (χ4n) is 2.88. The minimum Gasteiger partial charge on any atom is -0.465 e. The predicted octanol–water partition coefficient (Wildman–Crippen LogP) is 2.00. The molecule has 6 heteroatoms. The molecule has 0 aromatic heterocycles. The lowest BCUT2D eigenvalue weighted by Gasteiger charge is -2.24. The molecule has 1 amide bonds. The van der Waals surface area contributed by atoms with Crippen molar-refractivity contribution in [3.63, 3.8) is 0 Å². The van der Waals surface area contributed by atoms with Gasteiger partial charge in [-0.1, -0.05) is 6.07 Å². The first kappa shape index (κ1) is 16.0. The quantitative estimate of drug-likeness (QED) is 0.799. The highest BCUT2D eigenvalue weighted by Crippen LogP contribution is 2.34. The van der Waals surface area contributed by atoms with Crippen molar-refractivity contribution in [3.05, 3.63) is 28.3 Å². The molecule has 0 saturated carbocycles. The minimum atomic E-state index is -0.651. The number of rotatable bonds is 3. The summed E-state index contributed by atoms with van der Waals surface area (Å²) in [5.74, 6) is -1.33. The lowest BCUT2D eigenvalue weighted by atomic mass is 9.95. The summed E-state index contributed by atoms with van der Waals surface area (Å²) in [7, 11) is 2.50. The number of carbonyl (C=O) groups is 3. The third-order valence-corrected chi connectivity index (χ3v) is 3.81. The SMILES string of the molecule is COC(=O)c1c(C)cc(C)c(N2CCCC2=O)c1C(=O)OC. The van der Waals surface area contributed by atoms with Crippen LogP contribution in [0.15, 0.2) is 6.07 Å². The normalized spacial score (nSPS) is 14.2. The molecule has 1 aromatic carbocycles. The summed E-state index contributed by atoms with van der Waals surface area (Å²) in [6, 6.07) is 1.78. The van der Waals surface area contributed by atoms with Crippen molar-refractivity contribution in [3.8, 4) is 0 Å². The molecular weight excluding hydrogens is 286 g/mol. The lowest BCUT2D eigenvalue weighted by Crippen LogP contribution is -2.29. The van der Waals surface area contributed by atoms with E-state index in [1.807, 2.05) is 0 Å². The summed E-state index contributed by atoms with van der Waals surface area (Å²) in [6.07, 6.45) is 1.15. The molecule has 0 unspecified atom stereocenters. The Kier molecular flexibility index (Phi) is 4.49. The molecule has 1 aliphatic heterocycles. The van der Waals surface area contributed by atoms with Crippen LogP contribution < -0.4 is 4.90 Å². The second-order valence-corrected chi connectivity index (χ2v) is 5.24. The van der Waals surface area contributed by atoms with E-state index in [-0.39, 0.29) is 17.0 Å². The Balaban J connectivity index is 2.78. The second-order valence-electron chi connectivity index (χ2n) is 5.24. The van der Waals surface area contributed by atoms with E-state index in [1.165, 1.54) is 14.2 Å². The Morgan fingerprint density at radius 1 is 1.05 bits per heavy atom. The van der Waals surface area contributed by atoms with Crippen LogP contribution in [-0.2, 0) is 14.3 Å². The van der Waals surface area contributed by atoms with Gasteiger partial charge in [0.1, 0.15) is 0 Å². The molecule has 1 fully saturated rings. The number of ether oxygens (including phenoxy) is 2. The fraction of sp³-hybridized carbons (Fsp3) is 0.438. The molecule has 0 bridgehead atoms. The van der Waals surface area contributed by atoms with Crippen molar-refractivity contribution in [2.24, 2.45) is 0 Å². The van der Waals surface area contributed by atoms with Gasteiger partial charge in [0, 0.05) is 13.0 Å². The molecule has 1 aromatic rings. The molecule has 0 N–H and O–H groups in total. The van der Waals surface area contributed by atoms with Crippen LogP contribution in [0.4, 0.5) is 5.69 Å². The van der Waals surface area contributed by atoms with Gasteiger partial charge in [0.2, 0.25) is 5.91 Å². The van der Waals surface area contributed by atoms with Crippen LogP contribution in [0.2, 0.25) is 0 Å². The maximum Gasteiger partial charge on any atom is 0.340 e. The Bertz CT molecular complexity index is 650. The van der Waals surface area contributed by atoms with E-state index in [0.29, 0.717) is 24.2 Å². The lowest BCUT2D eigenvalue weighted by molar-refractivity contribution is -0.117. The number of carbonyl (C=O) groups excluding carboxylic acids is 3. The zero-order valence-electron chi connectivity index (χ0n) is 13.2. The van der Waals surface area contributed by atoms with Crippen LogP contribution in [0.5, 0.6) is 0 Å². The summed E-state index contributed by atoms with van der Waals surface area (Å²) < 4.78 is 9.62. The van der Waals surface area contributed by atoms with Crippen molar-refractivity contribution in [2.75, 3.05) is 25.7 Å². The van der Waals surface area contributed by atoms with Gasteiger partial charge in [0.15, 0.2) is 0 Å². The van der Waals surface area contributed by atoms with E-state index >= 15 is 0 Å². The highest BCUT2D eigenvalue weighted by atomic mass is 16.5. The van der Waals surface area contributed by atoms with Crippen LogP contribution in [0.25, 0.3) is 0 Å². The topological polar surface area (TPSA) is 72.9 Å². The number of hydrogen-bond donors (Lipinski definition) is 0. The smallest absolute Gasteiger partial charge is 0.340 e. The average Bonchev–Trinajstić information content (AvgIpc) is 2.90. The van der Waals surface area contributed by atoms with Crippen molar-refractivity contribution in [1.29, 1.82) is 0 Å². The van der Waals surface area contributed by atoms with Crippen molar-refractivity contribution in [2.45, 2.75) is 26.7 Å². The zero-order chi connectivity index (χ0) is 16.4. The van der Waals surface area contributed by atoms with Crippen LogP contribution in [0.1, 0.15) is 44.7 Å². The summed E-state index contributed by atoms with van der Waals surface area (Å²) in [5, 5.41) is 0. The van der Waals surface area contributed by atoms with Gasteiger partial charge in [-0.3, -0.25) is 4.79 Å². The van der Waals surface area contributed by atoms with Gasteiger partial charge < -0.3 is 14.4 Å². The van der Waals surface area contributed by atoms with Gasteiger partial charge >= 0.3 is 11.9 Å². The number of esters is 2. The maximum atomic E-state index is 12.3. The van der Waals surface area contributed by atoms with Gasteiger partial charge in [0.25, 0.3) is 0 Å². The van der Waals surface area contributed by atoms with Crippen LogP contribution in [0, 0.1) is 13.8 Å². The standard InChI is InChI=1S/C16H19NO5/c1-9-8-10(2)14(17-7-5-6-11(17)18)13(16(20)22-4)12(9)15(19)21-3/h8H,5-7H2,1-4H3. The van der Waals surface area contributed by atoms with Crippen LogP contribution >= 0.6 is 0 Å². The monoisotopic (exact) mass is 305 g/mol. The number of nitrogens with zero attached hydrogens (tertiary/aromatic N) is 1. The molecule has 2 rings (SSSR count). The summed E-state index contributed by atoms with van der Waals surface area (Å²) >= 11 is 0. The summed E-state index contributed by atoms with van der Waals surface area (Å²) in [4.78, 5) is 38.0.